The van der Waals surface area contributed by atoms with Crippen LogP contribution >= 0.6 is 0 Å². The van der Waals surface area contributed by atoms with Crippen LogP contribution < -0.4 is 5.32 Å². The van der Waals surface area contributed by atoms with E-state index in [1.807, 2.05) is 17.0 Å². The Hall–Kier alpha value is -2.41. The summed E-state index contributed by atoms with van der Waals surface area (Å²) in [5.74, 6) is 0. The summed E-state index contributed by atoms with van der Waals surface area (Å²) in [5, 5.41) is 7.12. The van der Waals surface area contributed by atoms with Crippen molar-refractivity contribution < 1.29 is 4.79 Å². The van der Waals surface area contributed by atoms with Crippen LogP contribution in [0.5, 0.6) is 0 Å². The monoisotopic (exact) mass is 342 g/mol. The van der Waals surface area contributed by atoms with Crippen LogP contribution in [0.3, 0.4) is 0 Å². The lowest BCUT2D eigenvalue weighted by atomic mass is 10.1. The minimum atomic E-state index is 0.0232. The van der Waals surface area contributed by atoms with Crippen molar-refractivity contribution >= 4 is 6.03 Å². The number of aromatic nitrogens is 3. The second-order valence-electron chi connectivity index (χ2n) is 6.69. The third-order valence-electron chi connectivity index (χ3n) is 4.61. The van der Waals surface area contributed by atoms with Gasteiger partial charge in [-0.15, -0.1) is 0 Å². The average Bonchev–Trinajstić information content (AvgIpc) is 3.14. The molecule has 0 spiro atoms. The fourth-order valence-electron chi connectivity index (χ4n) is 2.99. The van der Waals surface area contributed by atoms with E-state index in [0.717, 1.165) is 37.3 Å². The van der Waals surface area contributed by atoms with Gasteiger partial charge in [-0.2, -0.15) is 5.10 Å². The van der Waals surface area contributed by atoms with Gasteiger partial charge in [-0.25, -0.2) is 14.5 Å². The van der Waals surface area contributed by atoms with Crippen LogP contribution in [-0.4, -0.2) is 62.8 Å². The maximum atomic E-state index is 12.3. The number of rotatable bonds is 5. The van der Waals surface area contributed by atoms with Crippen LogP contribution in [0.15, 0.2) is 36.9 Å². The maximum absolute atomic E-state index is 12.3. The highest BCUT2D eigenvalue weighted by atomic mass is 16.2. The molecule has 1 aliphatic rings. The molecule has 25 heavy (non-hydrogen) atoms. The first-order valence-corrected chi connectivity index (χ1v) is 8.79. The number of hydrogen-bond donors (Lipinski definition) is 1. The van der Waals surface area contributed by atoms with Crippen LogP contribution in [0.25, 0.3) is 0 Å². The molecule has 1 saturated heterocycles. The highest BCUT2D eigenvalue weighted by Crippen LogP contribution is 2.08. The van der Waals surface area contributed by atoms with E-state index in [1.54, 1.807) is 11.0 Å². The molecule has 0 aliphatic carbocycles. The van der Waals surface area contributed by atoms with Gasteiger partial charge in [-0.3, -0.25) is 4.90 Å². The van der Waals surface area contributed by atoms with Gasteiger partial charge in [0.2, 0.25) is 0 Å². The lowest BCUT2D eigenvalue weighted by Crippen LogP contribution is -2.53. The largest absolute Gasteiger partial charge is 0.334 e. The first-order chi connectivity index (χ1) is 12.1. The molecule has 1 aliphatic heterocycles. The van der Waals surface area contributed by atoms with E-state index < -0.39 is 0 Å². The molecule has 0 radical (unpaired) electrons. The molecule has 7 nitrogen and oxygen atoms in total. The van der Waals surface area contributed by atoms with Gasteiger partial charge in [0.1, 0.15) is 12.7 Å². The molecule has 1 N–H and O–H groups in total. The molecule has 1 fully saturated rings. The Morgan fingerprint density at radius 3 is 2.40 bits per heavy atom. The Labute approximate surface area is 148 Å². The molecule has 0 atom stereocenters. The minimum Gasteiger partial charge on any atom is -0.334 e. The summed E-state index contributed by atoms with van der Waals surface area (Å²) in [6.07, 6.45) is 3.23. The molecular weight excluding hydrogens is 316 g/mol. The van der Waals surface area contributed by atoms with E-state index in [1.165, 1.54) is 6.33 Å². The molecule has 1 aromatic carbocycles. The molecule has 1 aromatic heterocycles. The van der Waals surface area contributed by atoms with E-state index in [0.29, 0.717) is 19.1 Å². The van der Waals surface area contributed by atoms with Crippen molar-refractivity contribution in [3.05, 3.63) is 48.0 Å². The molecule has 0 bridgehead atoms. The Kier molecular flexibility index (Phi) is 5.65. The summed E-state index contributed by atoms with van der Waals surface area (Å²) < 4.78 is 1.79. The summed E-state index contributed by atoms with van der Waals surface area (Å²) in [6, 6.07) is 8.78. The lowest BCUT2D eigenvalue weighted by molar-refractivity contribution is 0.119. The number of nitrogens with one attached hydrogen (secondary N) is 1. The second-order valence-corrected chi connectivity index (χ2v) is 6.69. The number of carbonyl (C=O) groups is 1. The highest BCUT2D eigenvalue weighted by Gasteiger charge is 2.21. The normalized spacial score (nSPS) is 15.6. The number of nitrogens with zero attached hydrogens (tertiary/aromatic N) is 5. The summed E-state index contributed by atoms with van der Waals surface area (Å²) in [4.78, 5) is 20.5. The summed E-state index contributed by atoms with van der Waals surface area (Å²) in [7, 11) is 0. The summed E-state index contributed by atoms with van der Waals surface area (Å²) >= 11 is 0. The van der Waals surface area contributed by atoms with Gasteiger partial charge < -0.3 is 10.2 Å². The SMILES string of the molecule is CC(C)N1CCN(C(=O)NCc2ccc(Cn3cncn3)cc2)CC1. The third kappa shape index (κ3) is 4.79. The van der Waals surface area contributed by atoms with Crippen molar-refractivity contribution in [1.82, 2.24) is 29.9 Å². The maximum Gasteiger partial charge on any atom is 0.317 e. The molecule has 134 valence electrons. The molecule has 2 aromatic rings. The van der Waals surface area contributed by atoms with Gasteiger partial charge >= 0.3 is 6.03 Å². The summed E-state index contributed by atoms with van der Waals surface area (Å²) in [6.45, 7) is 9.12. The fourth-order valence-corrected chi connectivity index (χ4v) is 2.99. The van der Waals surface area contributed by atoms with Gasteiger partial charge in [0.15, 0.2) is 0 Å². The van der Waals surface area contributed by atoms with E-state index in [9.17, 15) is 4.79 Å². The Morgan fingerprint density at radius 1 is 1.12 bits per heavy atom. The van der Waals surface area contributed by atoms with Crippen molar-refractivity contribution in [3.8, 4) is 0 Å². The second kappa shape index (κ2) is 8.11. The molecule has 2 heterocycles. The van der Waals surface area contributed by atoms with Crippen molar-refractivity contribution in [3.63, 3.8) is 0 Å². The van der Waals surface area contributed by atoms with Gasteiger partial charge in [0, 0.05) is 38.8 Å². The molecule has 2 amide bonds. The number of hydrogen-bond acceptors (Lipinski definition) is 4. The Balaban J connectivity index is 1.44. The van der Waals surface area contributed by atoms with E-state index in [4.69, 9.17) is 0 Å². The third-order valence-corrected chi connectivity index (χ3v) is 4.61. The number of benzene rings is 1. The van der Waals surface area contributed by atoms with Crippen molar-refractivity contribution in [2.24, 2.45) is 0 Å². The van der Waals surface area contributed by atoms with Gasteiger partial charge in [0.05, 0.1) is 6.54 Å². The minimum absolute atomic E-state index is 0.0232. The first-order valence-electron chi connectivity index (χ1n) is 8.79. The van der Waals surface area contributed by atoms with Crippen LogP contribution in [0.4, 0.5) is 4.79 Å². The van der Waals surface area contributed by atoms with Crippen molar-refractivity contribution in [1.29, 1.82) is 0 Å². The predicted molar refractivity (Wildman–Crippen MR) is 96.1 cm³/mol. The first kappa shape index (κ1) is 17.4. The van der Waals surface area contributed by atoms with Crippen LogP contribution in [-0.2, 0) is 13.1 Å². The topological polar surface area (TPSA) is 66.3 Å². The van der Waals surface area contributed by atoms with Crippen molar-refractivity contribution in [2.45, 2.75) is 33.0 Å². The zero-order valence-corrected chi connectivity index (χ0v) is 14.9. The van der Waals surface area contributed by atoms with Crippen LogP contribution in [0.2, 0.25) is 0 Å². The molecule has 0 saturated carbocycles. The smallest absolute Gasteiger partial charge is 0.317 e. The lowest BCUT2D eigenvalue weighted by Gasteiger charge is -2.36. The molecule has 3 rings (SSSR count). The number of piperazine rings is 1. The summed E-state index contributed by atoms with van der Waals surface area (Å²) in [5.41, 5.74) is 2.25. The fraction of sp³-hybridized carbons (Fsp3) is 0.500. The zero-order valence-electron chi connectivity index (χ0n) is 14.9. The predicted octanol–water partition coefficient (Wildman–Crippen LogP) is 1.56. The number of amides is 2. The van der Waals surface area contributed by atoms with Crippen molar-refractivity contribution in [2.75, 3.05) is 26.2 Å². The Morgan fingerprint density at radius 2 is 1.80 bits per heavy atom. The molecular formula is C18H26N6O. The van der Waals surface area contributed by atoms with Crippen LogP contribution in [0.1, 0.15) is 25.0 Å². The average molecular weight is 342 g/mol. The van der Waals surface area contributed by atoms with Gasteiger partial charge in [-0.05, 0) is 25.0 Å². The Bertz CT molecular complexity index is 659. The van der Waals surface area contributed by atoms with Crippen LogP contribution in [0, 0.1) is 0 Å². The molecule has 0 unspecified atom stereocenters. The quantitative estimate of drug-likeness (QED) is 0.896. The van der Waals surface area contributed by atoms with Gasteiger partial charge in [0.25, 0.3) is 0 Å². The molecule has 7 heteroatoms. The van der Waals surface area contributed by atoms with Gasteiger partial charge in [-0.1, -0.05) is 24.3 Å². The van der Waals surface area contributed by atoms with E-state index in [2.05, 4.69) is 46.3 Å². The number of carbonyl (C=O) groups excluding carboxylic acids is 1. The standard InChI is InChI=1S/C18H26N6O/c1-15(2)22-7-9-23(10-8-22)18(25)20-11-16-3-5-17(6-4-16)12-24-14-19-13-21-24/h3-6,13-15H,7-12H2,1-2H3,(H,20,25). The highest BCUT2D eigenvalue weighted by molar-refractivity contribution is 5.74. The van der Waals surface area contributed by atoms with E-state index in [-0.39, 0.29) is 6.03 Å². The van der Waals surface area contributed by atoms with E-state index >= 15 is 0 Å². The number of urea groups is 1. The zero-order chi connectivity index (χ0) is 17.6.